The first kappa shape index (κ1) is 16.9. The molecule has 0 spiro atoms. The van der Waals surface area contributed by atoms with Gasteiger partial charge in [0.15, 0.2) is 0 Å². The van der Waals surface area contributed by atoms with Crippen LogP contribution in [0.3, 0.4) is 0 Å². The molecule has 1 aliphatic heterocycles. The molecule has 0 bridgehead atoms. The second-order valence-corrected chi connectivity index (χ2v) is 6.02. The molecule has 1 amide bonds. The van der Waals surface area contributed by atoms with Gasteiger partial charge in [-0.05, 0) is 50.3 Å². The largest absolute Gasteiger partial charge is 0.377 e. The molecule has 1 heterocycles. The van der Waals surface area contributed by atoms with Crippen LogP contribution in [0, 0.1) is 19.7 Å². The lowest BCUT2D eigenvalue weighted by Gasteiger charge is -2.17. The number of rotatable bonds is 6. The van der Waals surface area contributed by atoms with Gasteiger partial charge in [0.25, 0.3) is 0 Å². The Morgan fingerprint density at radius 3 is 2.68 bits per heavy atom. The van der Waals surface area contributed by atoms with Gasteiger partial charge in [-0.15, -0.1) is 0 Å². The number of carbonyl (C=O) groups excluding carboxylic acids is 1. The van der Waals surface area contributed by atoms with Gasteiger partial charge in [0.2, 0.25) is 5.91 Å². The van der Waals surface area contributed by atoms with Crippen molar-refractivity contribution in [2.24, 2.45) is 0 Å². The van der Waals surface area contributed by atoms with E-state index in [1.54, 1.807) is 26.0 Å². The minimum atomic E-state index is -0.180. The minimum Gasteiger partial charge on any atom is -0.377 e. The fourth-order valence-electron chi connectivity index (χ4n) is 2.76. The number of carbonyl (C=O) groups is 1. The lowest BCUT2D eigenvalue weighted by molar-refractivity contribution is -0.120. The highest BCUT2D eigenvalue weighted by molar-refractivity contribution is 5.78. The van der Waals surface area contributed by atoms with Crippen molar-refractivity contribution in [3.63, 3.8) is 0 Å². The molecule has 2 N–H and O–H groups in total. The highest BCUT2D eigenvalue weighted by Crippen LogP contribution is 2.19. The molecule has 2 rings (SSSR count). The zero-order valence-electron chi connectivity index (χ0n) is 13.5. The molecule has 5 heteroatoms. The normalized spacial score (nSPS) is 19.2. The molecule has 0 radical (unpaired) electrons. The van der Waals surface area contributed by atoms with Gasteiger partial charge in [-0.1, -0.05) is 12.1 Å². The van der Waals surface area contributed by atoms with Crippen molar-refractivity contribution in [3.8, 4) is 0 Å². The highest BCUT2D eigenvalue weighted by atomic mass is 19.1. The van der Waals surface area contributed by atoms with Gasteiger partial charge in [-0.2, -0.15) is 0 Å². The molecule has 0 saturated carbocycles. The monoisotopic (exact) mass is 308 g/mol. The van der Waals surface area contributed by atoms with Gasteiger partial charge < -0.3 is 15.4 Å². The first-order chi connectivity index (χ1) is 10.5. The van der Waals surface area contributed by atoms with Crippen molar-refractivity contribution in [3.05, 3.63) is 34.6 Å². The maximum Gasteiger partial charge on any atom is 0.234 e. The molecule has 122 valence electrons. The van der Waals surface area contributed by atoms with Crippen LogP contribution in [0.15, 0.2) is 12.1 Å². The molecule has 0 aromatic heterocycles. The third kappa shape index (κ3) is 4.52. The molecular weight excluding hydrogens is 283 g/mol. The van der Waals surface area contributed by atoms with Crippen LogP contribution in [0.2, 0.25) is 0 Å². The van der Waals surface area contributed by atoms with E-state index in [1.165, 1.54) is 0 Å². The van der Waals surface area contributed by atoms with E-state index in [4.69, 9.17) is 4.74 Å². The highest BCUT2D eigenvalue weighted by Gasteiger charge is 2.16. The molecule has 1 saturated heterocycles. The lowest BCUT2D eigenvalue weighted by Crippen LogP contribution is -2.38. The molecule has 4 nitrogen and oxygen atoms in total. The van der Waals surface area contributed by atoms with Crippen molar-refractivity contribution in [2.45, 2.75) is 45.8 Å². The summed E-state index contributed by atoms with van der Waals surface area (Å²) in [7, 11) is 0. The predicted octanol–water partition coefficient (Wildman–Crippen LogP) is 2.39. The molecule has 1 fully saturated rings. The van der Waals surface area contributed by atoms with Crippen LogP contribution in [0.5, 0.6) is 0 Å². The predicted molar refractivity (Wildman–Crippen MR) is 84.3 cm³/mol. The number of halogens is 1. The van der Waals surface area contributed by atoms with Gasteiger partial charge in [0.05, 0.1) is 18.7 Å². The molecule has 1 aliphatic rings. The smallest absolute Gasteiger partial charge is 0.234 e. The SMILES string of the molecule is Cc1cc([C@@H](C)NC(=O)CNC[C@H]2CCCO2)cc(C)c1F. The average molecular weight is 308 g/mol. The molecular formula is C17H25FN2O2. The quantitative estimate of drug-likeness (QED) is 0.848. The summed E-state index contributed by atoms with van der Waals surface area (Å²) in [6.07, 6.45) is 2.38. The van der Waals surface area contributed by atoms with Gasteiger partial charge in [-0.25, -0.2) is 4.39 Å². The zero-order chi connectivity index (χ0) is 16.1. The van der Waals surface area contributed by atoms with Crippen LogP contribution >= 0.6 is 0 Å². The summed E-state index contributed by atoms with van der Waals surface area (Å²) in [4.78, 5) is 11.9. The number of benzene rings is 1. The first-order valence-corrected chi connectivity index (χ1v) is 7.85. The van der Waals surface area contributed by atoms with E-state index in [0.29, 0.717) is 17.7 Å². The molecule has 1 aromatic carbocycles. The number of hydrogen-bond donors (Lipinski definition) is 2. The topological polar surface area (TPSA) is 50.4 Å². The maximum absolute atomic E-state index is 13.6. The third-order valence-electron chi connectivity index (χ3n) is 4.02. The fraction of sp³-hybridized carbons (Fsp3) is 0.588. The Labute approximate surface area is 131 Å². The van der Waals surface area contributed by atoms with Crippen LogP contribution in [0.4, 0.5) is 4.39 Å². The van der Waals surface area contributed by atoms with E-state index in [1.807, 2.05) is 6.92 Å². The molecule has 22 heavy (non-hydrogen) atoms. The standard InChI is InChI=1S/C17H25FN2O2/c1-11-7-14(8-12(2)17(11)18)13(3)20-16(21)10-19-9-15-5-4-6-22-15/h7-8,13,15,19H,4-6,9-10H2,1-3H3,(H,20,21)/t13-,15-/m1/s1. The van der Waals surface area contributed by atoms with Crippen LogP contribution < -0.4 is 10.6 Å². The Bertz CT molecular complexity index is 504. The summed E-state index contributed by atoms with van der Waals surface area (Å²) in [6.45, 7) is 7.18. The summed E-state index contributed by atoms with van der Waals surface area (Å²) in [6, 6.07) is 3.43. The van der Waals surface area contributed by atoms with Crippen molar-refractivity contribution < 1.29 is 13.9 Å². The van der Waals surface area contributed by atoms with E-state index in [2.05, 4.69) is 10.6 Å². The van der Waals surface area contributed by atoms with Crippen molar-refractivity contribution >= 4 is 5.91 Å². The van der Waals surface area contributed by atoms with Crippen LogP contribution in [-0.2, 0) is 9.53 Å². The summed E-state index contributed by atoms with van der Waals surface area (Å²) < 4.78 is 19.1. The molecule has 2 atom stereocenters. The van der Waals surface area contributed by atoms with Crippen molar-refractivity contribution in [1.82, 2.24) is 10.6 Å². The Morgan fingerprint density at radius 2 is 2.09 bits per heavy atom. The van der Waals surface area contributed by atoms with Crippen LogP contribution in [-0.4, -0.2) is 31.7 Å². The van der Waals surface area contributed by atoms with Gasteiger partial charge in [-0.3, -0.25) is 4.79 Å². The number of nitrogens with one attached hydrogen (secondary N) is 2. The summed E-state index contributed by atoms with van der Waals surface area (Å²) in [5.74, 6) is -0.245. The number of amides is 1. The number of aryl methyl sites for hydroxylation is 2. The Balaban J connectivity index is 1.80. The van der Waals surface area contributed by atoms with E-state index in [9.17, 15) is 9.18 Å². The summed E-state index contributed by atoms with van der Waals surface area (Å²) in [5.41, 5.74) is 2.13. The second-order valence-electron chi connectivity index (χ2n) is 6.02. The van der Waals surface area contributed by atoms with Gasteiger partial charge in [0, 0.05) is 13.2 Å². The van der Waals surface area contributed by atoms with Crippen LogP contribution in [0.1, 0.15) is 42.5 Å². The first-order valence-electron chi connectivity index (χ1n) is 7.85. The third-order valence-corrected chi connectivity index (χ3v) is 4.02. The Morgan fingerprint density at radius 1 is 1.41 bits per heavy atom. The average Bonchev–Trinajstić information content (AvgIpc) is 2.97. The molecule has 1 aromatic rings. The van der Waals surface area contributed by atoms with E-state index in [0.717, 1.165) is 25.0 Å². The summed E-state index contributed by atoms with van der Waals surface area (Å²) in [5, 5.41) is 6.05. The molecule has 0 aliphatic carbocycles. The van der Waals surface area contributed by atoms with Crippen LogP contribution in [0.25, 0.3) is 0 Å². The lowest BCUT2D eigenvalue weighted by atomic mass is 10.0. The number of hydrogen-bond acceptors (Lipinski definition) is 3. The van der Waals surface area contributed by atoms with Gasteiger partial charge in [0.1, 0.15) is 5.82 Å². The van der Waals surface area contributed by atoms with E-state index in [-0.39, 0.29) is 30.4 Å². The van der Waals surface area contributed by atoms with Gasteiger partial charge >= 0.3 is 0 Å². The van der Waals surface area contributed by atoms with E-state index < -0.39 is 0 Å². The van der Waals surface area contributed by atoms with Crippen molar-refractivity contribution in [1.29, 1.82) is 0 Å². The Kier molecular flexibility index (Phi) is 5.91. The van der Waals surface area contributed by atoms with Crippen molar-refractivity contribution in [2.75, 3.05) is 19.7 Å². The second kappa shape index (κ2) is 7.70. The minimum absolute atomic E-state index is 0.0647. The summed E-state index contributed by atoms with van der Waals surface area (Å²) >= 11 is 0. The maximum atomic E-state index is 13.6. The number of ether oxygens (including phenoxy) is 1. The Hall–Kier alpha value is -1.46. The molecule has 0 unspecified atom stereocenters. The van der Waals surface area contributed by atoms with E-state index >= 15 is 0 Å². The fourth-order valence-corrected chi connectivity index (χ4v) is 2.76. The zero-order valence-corrected chi connectivity index (χ0v) is 13.5.